The van der Waals surface area contributed by atoms with Gasteiger partial charge in [0.2, 0.25) is 5.91 Å². The number of carbonyl (C=O) groups excluding carboxylic acids is 1. The summed E-state index contributed by atoms with van der Waals surface area (Å²) >= 11 is 6.10. The lowest BCUT2D eigenvalue weighted by Gasteiger charge is -2.15. The molecule has 0 saturated heterocycles. The minimum atomic E-state index is 0.0300. The van der Waals surface area contributed by atoms with Crippen LogP contribution in [-0.4, -0.2) is 19.0 Å². The highest BCUT2D eigenvalue weighted by Gasteiger charge is 2.09. The summed E-state index contributed by atoms with van der Waals surface area (Å²) in [5.41, 5.74) is 1.01. The van der Waals surface area contributed by atoms with Gasteiger partial charge in [0.25, 0.3) is 0 Å². The van der Waals surface area contributed by atoms with Crippen molar-refractivity contribution in [1.29, 1.82) is 0 Å². The number of hydrogen-bond acceptors (Lipinski definition) is 2. The van der Waals surface area contributed by atoms with Gasteiger partial charge >= 0.3 is 0 Å². The van der Waals surface area contributed by atoms with Gasteiger partial charge in [0.1, 0.15) is 0 Å². The molecule has 3 nitrogen and oxygen atoms in total. The molecule has 1 aromatic rings. The van der Waals surface area contributed by atoms with Gasteiger partial charge in [0.05, 0.1) is 6.54 Å². The molecular formula is C14H21ClN2O. The number of nitrogens with one attached hydrogen (secondary N) is 2. The summed E-state index contributed by atoms with van der Waals surface area (Å²) < 4.78 is 0. The van der Waals surface area contributed by atoms with Crippen molar-refractivity contribution in [3.05, 3.63) is 34.9 Å². The third kappa shape index (κ3) is 5.07. The van der Waals surface area contributed by atoms with Gasteiger partial charge in [0, 0.05) is 17.6 Å². The number of benzene rings is 1. The molecule has 0 aliphatic heterocycles. The Labute approximate surface area is 114 Å². The predicted octanol–water partition coefficient (Wildman–Crippen LogP) is 2.91. The van der Waals surface area contributed by atoms with Crippen LogP contribution in [0, 0.1) is 0 Å². The fraction of sp³-hybridized carbons (Fsp3) is 0.500. The zero-order valence-corrected chi connectivity index (χ0v) is 11.8. The monoisotopic (exact) mass is 268 g/mol. The van der Waals surface area contributed by atoms with Crippen LogP contribution >= 0.6 is 11.6 Å². The second kappa shape index (κ2) is 8.11. The first-order valence-electron chi connectivity index (χ1n) is 6.39. The second-order valence-corrected chi connectivity index (χ2v) is 4.73. The Morgan fingerprint density at radius 3 is 2.78 bits per heavy atom. The Hall–Kier alpha value is -1.06. The Bertz CT molecular complexity index is 382. The molecule has 0 fully saturated rings. The summed E-state index contributed by atoms with van der Waals surface area (Å²) in [5, 5.41) is 6.77. The van der Waals surface area contributed by atoms with Crippen molar-refractivity contribution in [2.24, 2.45) is 0 Å². The molecule has 0 saturated carbocycles. The van der Waals surface area contributed by atoms with E-state index in [1.807, 2.05) is 31.2 Å². The Kier molecular flexibility index (Phi) is 6.76. The number of hydrogen-bond donors (Lipinski definition) is 2. The minimum absolute atomic E-state index is 0.0300. The lowest BCUT2D eigenvalue weighted by atomic mass is 10.1. The predicted molar refractivity (Wildman–Crippen MR) is 75.8 cm³/mol. The number of halogens is 1. The molecular weight excluding hydrogens is 248 g/mol. The first-order valence-corrected chi connectivity index (χ1v) is 6.77. The van der Waals surface area contributed by atoms with Crippen molar-refractivity contribution in [2.75, 3.05) is 13.1 Å². The first kappa shape index (κ1) is 15.0. The molecule has 0 heterocycles. The molecule has 4 heteroatoms. The van der Waals surface area contributed by atoms with Crippen LogP contribution in [0.2, 0.25) is 5.02 Å². The quantitative estimate of drug-likeness (QED) is 0.747. The highest BCUT2D eigenvalue weighted by molar-refractivity contribution is 6.31. The van der Waals surface area contributed by atoms with Gasteiger partial charge in [0.15, 0.2) is 0 Å². The van der Waals surface area contributed by atoms with Gasteiger partial charge in [-0.25, -0.2) is 0 Å². The van der Waals surface area contributed by atoms with E-state index in [1.54, 1.807) is 0 Å². The second-order valence-electron chi connectivity index (χ2n) is 4.33. The minimum Gasteiger partial charge on any atom is -0.355 e. The molecule has 0 aromatic heterocycles. The summed E-state index contributed by atoms with van der Waals surface area (Å²) in [7, 11) is 0. The van der Waals surface area contributed by atoms with Crippen LogP contribution in [0.1, 0.15) is 38.3 Å². The van der Waals surface area contributed by atoms with E-state index in [0.717, 1.165) is 30.0 Å². The van der Waals surface area contributed by atoms with E-state index in [-0.39, 0.29) is 11.9 Å². The standard InChI is InChI=1S/C14H21ClN2O/c1-3-4-9-16-14(18)10-17-11(2)12-7-5-6-8-13(12)15/h5-8,11,17H,3-4,9-10H2,1-2H3,(H,16,18)/t11-/m0/s1. The van der Waals surface area contributed by atoms with E-state index in [4.69, 9.17) is 11.6 Å². The van der Waals surface area contributed by atoms with Crippen LogP contribution in [0.5, 0.6) is 0 Å². The van der Waals surface area contributed by atoms with Gasteiger partial charge < -0.3 is 10.6 Å². The lowest BCUT2D eigenvalue weighted by molar-refractivity contribution is -0.120. The van der Waals surface area contributed by atoms with E-state index in [9.17, 15) is 4.79 Å². The molecule has 0 aliphatic carbocycles. The summed E-state index contributed by atoms with van der Waals surface area (Å²) in [6.07, 6.45) is 2.11. The zero-order valence-electron chi connectivity index (χ0n) is 11.0. The van der Waals surface area contributed by atoms with Crippen LogP contribution in [0.15, 0.2) is 24.3 Å². The lowest BCUT2D eigenvalue weighted by Crippen LogP contribution is -2.35. The maximum Gasteiger partial charge on any atom is 0.233 e. The number of amides is 1. The normalized spacial score (nSPS) is 12.2. The van der Waals surface area contributed by atoms with Crippen LogP contribution < -0.4 is 10.6 Å². The fourth-order valence-electron chi connectivity index (χ4n) is 1.65. The molecule has 1 aromatic carbocycles. The van der Waals surface area contributed by atoms with Crippen molar-refractivity contribution in [3.63, 3.8) is 0 Å². The Morgan fingerprint density at radius 1 is 1.39 bits per heavy atom. The van der Waals surface area contributed by atoms with E-state index < -0.39 is 0 Å². The number of carbonyl (C=O) groups is 1. The zero-order chi connectivity index (χ0) is 13.4. The van der Waals surface area contributed by atoms with E-state index in [2.05, 4.69) is 17.6 Å². The SMILES string of the molecule is CCCCNC(=O)CN[C@@H](C)c1ccccc1Cl. The molecule has 18 heavy (non-hydrogen) atoms. The Balaban J connectivity index is 2.35. The molecule has 0 radical (unpaired) electrons. The largest absolute Gasteiger partial charge is 0.355 e. The molecule has 1 rings (SSSR count). The highest BCUT2D eigenvalue weighted by Crippen LogP contribution is 2.21. The third-order valence-electron chi connectivity index (χ3n) is 2.79. The Morgan fingerprint density at radius 2 is 2.11 bits per heavy atom. The number of rotatable bonds is 7. The maximum atomic E-state index is 11.5. The molecule has 0 unspecified atom stereocenters. The summed E-state index contributed by atoms with van der Waals surface area (Å²) in [6, 6.07) is 7.73. The van der Waals surface area contributed by atoms with Crippen LogP contribution in [0.4, 0.5) is 0 Å². The number of unbranched alkanes of at least 4 members (excludes halogenated alkanes) is 1. The topological polar surface area (TPSA) is 41.1 Å². The van der Waals surface area contributed by atoms with Gasteiger partial charge in [-0.3, -0.25) is 4.79 Å². The van der Waals surface area contributed by atoms with Crippen molar-refractivity contribution in [3.8, 4) is 0 Å². The summed E-state index contributed by atoms with van der Waals surface area (Å²) in [6.45, 7) is 5.16. The van der Waals surface area contributed by atoms with Gasteiger partial charge in [-0.05, 0) is 25.0 Å². The maximum absolute atomic E-state index is 11.5. The van der Waals surface area contributed by atoms with Crippen molar-refractivity contribution in [1.82, 2.24) is 10.6 Å². The smallest absolute Gasteiger partial charge is 0.233 e. The molecule has 0 spiro atoms. The molecule has 1 atom stereocenters. The molecule has 100 valence electrons. The average Bonchev–Trinajstić information content (AvgIpc) is 2.37. The van der Waals surface area contributed by atoms with Gasteiger partial charge in [-0.15, -0.1) is 0 Å². The van der Waals surface area contributed by atoms with E-state index in [0.29, 0.717) is 6.54 Å². The third-order valence-corrected chi connectivity index (χ3v) is 3.14. The first-order chi connectivity index (χ1) is 8.65. The van der Waals surface area contributed by atoms with Crippen molar-refractivity contribution in [2.45, 2.75) is 32.7 Å². The van der Waals surface area contributed by atoms with Crippen LogP contribution in [0.25, 0.3) is 0 Å². The van der Waals surface area contributed by atoms with Crippen molar-refractivity contribution < 1.29 is 4.79 Å². The van der Waals surface area contributed by atoms with E-state index in [1.165, 1.54) is 0 Å². The average molecular weight is 269 g/mol. The van der Waals surface area contributed by atoms with Gasteiger partial charge in [-0.1, -0.05) is 43.1 Å². The van der Waals surface area contributed by atoms with Crippen LogP contribution in [0.3, 0.4) is 0 Å². The van der Waals surface area contributed by atoms with E-state index >= 15 is 0 Å². The highest BCUT2D eigenvalue weighted by atomic mass is 35.5. The summed E-state index contributed by atoms with van der Waals surface area (Å²) in [5.74, 6) is 0.0300. The van der Waals surface area contributed by atoms with Crippen molar-refractivity contribution >= 4 is 17.5 Å². The van der Waals surface area contributed by atoms with Crippen LogP contribution in [-0.2, 0) is 4.79 Å². The molecule has 0 bridgehead atoms. The fourth-order valence-corrected chi connectivity index (χ4v) is 1.95. The summed E-state index contributed by atoms with van der Waals surface area (Å²) in [4.78, 5) is 11.5. The molecule has 2 N–H and O–H groups in total. The molecule has 0 aliphatic rings. The molecule has 1 amide bonds. The van der Waals surface area contributed by atoms with Gasteiger partial charge in [-0.2, -0.15) is 0 Å².